The molecule has 1 aromatic rings. The number of rotatable bonds is 4. The van der Waals surface area contributed by atoms with Crippen molar-refractivity contribution in [1.29, 1.82) is 0 Å². The molecular formula is C11H12Br3NOS. The predicted octanol–water partition coefficient (Wildman–Crippen LogP) is 4.66. The van der Waals surface area contributed by atoms with E-state index in [4.69, 9.17) is 0 Å². The molecule has 0 radical (unpaired) electrons. The van der Waals surface area contributed by atoms with Gasteiger partial charge in [0.1, 0.15) is 0 Å². The average Bonchev–Trinajstić information content (AvgIpc) is 2.53. The third-order valence-corrected chi connectivity index (χ3v) is 5.68. The first-order valence-corrected chi connectivity index (χ1v) is 8.97. The van der Waals surface area contributed by atoms with Crippen molar-refractivity contribution in [2.45, 2.75) is 25.3 Å². The lowest BCUT2D eigenvalue weighted by Crippen LogP contribution is -2.45. The van der Waals surface area contributed by atoms with E-state index >= 15 is 0 Å². The fourth-order valence-corrected chi connectivity index (χ4v) is 5.04. The van der Waals surface area contributed by atoms with E-state index in [0.29, 0.717) is 6.04 Å². The molecule has 6 heteroatoms. The van der Waals surface area contributed by atoms with Crippen LogP contribution in [0.3, 0.4) is 0 Å². The van der Waals surface area contributed by atoms with E-state index < -0.39 is 0 Å². The molecule has 1 amide bonds. The zero-order valence-electron chi connectivity index (χ0n) is 9.09. The van der Waals surface area contributed by atoms with E-state index in [1.807, 2.05) is 11.0 Å². The number of nitrogens with zero attached hydrogens (tertiary/aromatic N) is 1. The monoisotopic (exact) mass is 443 g/mol. The second-order valence-electron chi connectivity index (χ2n) is 4.01. The largest absolute Gasteiger partial charge is 0.335 e. The van der Waals surface area contributed by atoms with Gasteiger partial charge in [0, 0.05) is 17.9 Å². The van der Waals surface area contributed by atoms with Crippen LogP contribution in [0, 0.1) is 0 Å². The zero-order chi connectivity index (χ0) is 12.4. The van der Waals surface area contributed by atoms with Gasteiger partial charge in [-0.3, -0.25) is 4.79 Å². The van der Waals surface area contributed by atoms with Gasteiger partial charge in [0.25, 0.3) is 5.91 Å². The van der Waals surface area contributed by atoms with E-state index in [-0.39, 0.29) is 5.91 Å². The van der Waals surface area contributed by atoms with Gasteiger partial charge in [0.2, 0.25) is 0 Å². The minimum atomic E-state index is 0.142. The summed E-state index contributed by atoms with van der Waals surface area (Å²) in [6, 6.07) is 2.34. The van der Waals surface area contributed by atoms with Gasteiger partial charge >= 0.3 is 0 Å². The van der Waals surface area contributed by atoms with E-state index in [9.17, 15) is 4.79 Å². The molecule has 1 aliphatic rings. The van der Waals surface area contributed by atoms with Crippen LogP contribution in [-0.4, -0.2) is 28.7 Å². The molecule has 17 heavy (non-hydrogen) atoms. The summed E-state index contributed by atoms with van der Waals surface area (Å²) in [6.45, 7) is 0.781. The maximum absolute atomic E-state index is 12.5. The van der Waals surface area contributed by atoms with Crippen LogP contribution in [0.2, 0.25) is 0 Å². The highest BCUT2D eigenvalue weighted by Crippen LogP contribution is 2.34. The molecule has 0 saturated heterocycles. The van der Waals surface area contributed by atoms with Crippen molar-refractivity contribution >= 4 is 65.0 Å². The van der Waals surface area contributed by atoms with Gasteiger partial charge in [0.05, 0.1) is 13.1 Å². The highest BCUT2D eigenvalue weighted by atomic mass is 79.9. The molecule has 0 aliphatic heterocycles. The average molecular weight is 446 g/mol. The number of carbonyl (C=O) groups is 1. The Morgan fingerprint density at radius 1 is 1.47 bits per heavy atom. The third kappa shape index (κ3) is 3.14. The summed E-state index contributed by atoms with van der Waals surface area (Å²) in [5.41, 5.74) is 0.773. The maximum Gasteiger partial charge on any atom is 0.256 e. The molecule has 94 valence electrons. The first-order chi connectivity index (χ1) is 8.13. The molecule has 0 spiro atoms. The Hall–Kier alpha value is 0.610. The molecule has 0 atom stereocenters. The minimum Gasteiger partial charge on any atom is -0.335 e. The number of hydrogen-bond acceptors (Lipinski definition) is 2. The van der Waals surface area contributed by atoms with Gasteiger partial charge in [-0.05, 0) is 57.2 Å². The van der Waals surface area contributed by atoms with Crippen LogP contribution >= 0.6 is 59.1 Å². The van der Waals surface area contributed by atoms with Crippen LogP contribution in [-0.2, 0) is 0 Å². The predicted molar refractivity (Wildman–Crippen MR) is 82.2 cm³/mol. The van der Waals surface area contributed by atoms with E-state index in [0.717, 1.165) is 37.9 Å². The smallest absolute Gasteiger partial charge is 0.256 e. The van der Waals surface area contributed by atoms with Gasteiger partial charge in [0.15, 0.2) is 0 Å². The van der Waals surface area contributed by atoms with Crippen LogP contribution in [0.15, 0.2) is 13.6 Å². The molecular weight excluding hydrogens is 434 g/mol. The lowest BCUT2D eigenvalue weighted by atomic mass is 9.91. The molecule has 1 fully saturated rings. The molecule has 2 nitrogen and oxygen atoms in total. The lowest BCUT2D eigenvalue weighted by molar-refractivity contribution is 0.0599. The molecule has 1 saturated carbocycles. The summed E-state index contributed by atoms with van der Waals surface area (Å²) >= 11 is 11.8. The molecule has 0 unspecified atom stereocenters. The van der Waals surface area contributed by atoms with Crippen molar-refractivity contribution in [2.24, 2.45) is 0 Å². The second kappa shape index (κ2) is 6.17. The van der Waals surface area contributed by atoms with E-state index in [1.165, 1.54) is 6.42 Å². The van der Waals surface area contributed by atoms with Gasteiger partial charge in [-0.2, -0.15) is 0 Å². The number of thiophene rings is 1. The second-order valence-corrected chi connectivity index (χ2v) is 8.55. The van der Waals surface area contributed by atoms with Crippen LogP contribution in [0.5, 0.6) is 0 Å². The Kier molecular flexibility index (Phi) is 5.09. The number of halogens is 3. The molecule has 2 rings (SSSR count). The Balaban J connectivity index is 2.17. The van der Waals surface area contributed by atoms with Gasteiger partial charge in [-0.15, -0.1) is 11.3 Å². The third-order valence-electron chi connectivity index (χ3n) is 2.99. The molecule has 0 bridgehead atoms. The summed E-state index contributed by atoms with van der Waals surface area (Å²) in [4.78, 5) is 14.5. The van der Waals surface area contributed by atoms with Gasteiger partial charge in [-0.1, -0.05) is 15.9 Å². The zero-order valence-corrected chi connectivity index (χ0v) is 14.7. The maximum atomic E-state index is 12.5. The number of hydrogen-bond donors (Lipinski definition) is 0. The Labute approximate surface area is 130 Å². The fraction of sp³-hybridized carbons (Fsp3) is 0.545. The van der Waals surface area contributed by atoms with Crippen molar-refractivity contribution in [3.8, 4) is 0 Å². The lowest BCUT2D eigenvalue weighted by Gasteiger charge is -2.37. The van der Waals surface area contributed by atoms with E-state index in [1.54, 1.807) is 11.3 Å². The quantitative estimate of drug-likeness (QED) is 0.617. The Morgan fingerprint density at radius 2 is 2.18 bits per heavy atom. The number of carbonyl (C=O) groups excluding carboxylic acids is 1. The van der Waals surface area contributed by atoms with Crippen molar-refractivity contribution in [3.05, 3.63) is 19.2 Å². The highest BCUT2D eigenvalue weighted by Gasteiger charge is 2.30. The topological polar surface area (TPSA) is 20.3 Å². The Bertz CT molecular complexity index is 417. The first kappa shape index (κ1) is 14.0. The molecule has 0 N–H and O–H groups in total. The molecule has 1 aromatic heterocycles. The van der Waals surface area contributed by atoms with Crippen molar-refractivity contribution in [2.75, 3.05) is 11.9 Å². The van der Waals surface area contributed by atoms with Crippen molar-refractivity contribution in [3.63, 3.8) is 0 Å². The summed E-state index contributed by atoms with van der Waals surface area (Å²) < 4.78 is 1.90. The minimum absolute atomic E-state index is 0.142. The standard InChI is InChI=1S/C11H12Br3NOS/c12-4-5-15(7-2-1-3-7)11(16)8-6-9(13)17-10(8)14/h6-7H,1-5H2. The summed E-state index contributed by atoms with van der Waals surface area (Å²) in [5.74, 6) is 0.142. The van der Waals surface area contributed by atoms with Gasteiger partial charge in [-0.25, -0.2) is 0 Å². The summed E-state index contributed by atoms with van der Waals surface area (Å²) in [7, 11) is 0. The van der Waals surface area contributed by atoms with Crippen LogP contribution in [0.1, 0.15) is 29.6 Å². The first-order valence-electron chi connectivity index (χ1n) is 5.45. The number of amides is 1. The van der Waals surface area contributed by atoms with Crippen LogP contribution in [0.4, 0.5) is 0 Å². The fourth-order valence-electron chi connectivity index (χ4n) is 1.88. The number of alkyl halides is 1. The molecule has 0 aromatic carbocycles. The normalized spacial score (nSPS) is 15.7. The highest BCUT2D eigenvalue weighted by molar-refractivity contribution is 9.12. The molecule has 1 aliphatic carbocycles. The Morgan fingerprint density at radius 3 is 2.59 bits per heavy atom. The van der Waals surface area contributed by atoms with Crippen LogP contribution in [0.25, 0.3) is 0 Å². The molecule has 1 heterocycles. The summed E-state index contributed by atoms with van der Waals surface area (Å²) in [6.07, 6.45) is 3.52. The van der Waals surface area contributed by atoms with E-state index in [2.05, 4.69) is 47.8 Å². The van der Waals surface area contributed by atoms with Gasteiger partial charge < -0.3 is 4.90 Å². The SMILES string of the molecule is O=C(c1cc(Br)sc1Br)N(CCBr)C1CCC1. The van der Waals surface area contributed by atoms with Crippen molar-refractivity contribution < 1.29 is 4.79 Å². The van der Waals surface area contributed by atoms with Crippen molar-refractivity contribution in [1.82, 2.24) is 4.90 Å². The summed E-state index contributed by atoms with van der Waals surface area (Å²) in [5, 5.41) is 0.832. The van der Waals surface area contributed by atoms with Crippen LogP contribution < -0.4 is 0 Å².